The van der Waals surface area contributed by atoms with E-state index in [1.165, 1.54) is 0 Å². The van der Waals surface area contributed by atoms with Crippen molar-refractivity contribution in [2.24, 2.45) is 0 Å². The first kappa shape index (κ1) is 30.8. The highest BCUT2D eigenvalue weighted by Gasteiger charge is 2.28. The fourth-order valence-corrected chi connectivity index (χ4v) is 8.29. The molecule has 0 N–H and O–H groups in total. The molecule has 0 atom stereocenters. The van der Waals surface area contributed by atoms with Crippen molar-refractivity contribution in [2.45, 2.75) is 0 Å². The molecule has 0 aliphatic heterocycles. The largest absolute Gasteiger partial charge is 0.438 e. The van der Waals surface area contributed by atoms with Gasteiger partial charge in [0.2, 0.25) is 11.8 Å². The summed E-state index contributed by atoms with van der Waals surface area (Å²) < 4.78 is 19.1. The molecule has 0 unspecified atom stereocenters. The molecule has 6 nitrogen and oxygen atoms in total. The van der Waals surface area contributed by atoms with Gasteiger partial charge in [0, 0.05) is 21.5 Å². The van der Waals surface area contributed by atoms with Gasteiger partial charge in [-0.1, -0.05) is 109 Å². The molecular formula is C44H26Br2N4O2. The van der Waals surface area contributed by atoms with Crippen molar-refractivity contribution in [3.05, 3.63) is 167 Å². The Bertz CT molecular complexity index is 2680. The third-order valence-corrected chi connectivity index (χ3v) is 10.8. The number of hydrogen-bond acceptors (Lipinski definition) is 4. The third kappa shape index (κ3) is 4.82. The van der Waals surface area contributed by atoms with Gasteiger partial charge in [0.05, 0.1) is 33.4 Å². The minimum Gasteiger partial charge on any atom is -0.438 e. The molecular weight excluding hydrogens is 776 g/mol. The standard InChI is InChI=1S/C44H26Br2N4O2/c45-37-41(49-33-23-11-7-19-29(33)30-20-8-12-24-34(30)49)40-39(47-43(37)51-27-15-3-1-4-16-27)42(38(46)44(48-40)52-28-17-5-2-6-18-28)50-35-25-13-9-21-31(35)32-22-10-14-26-36(32)50/h1-26H. The van der Waals surface area contributed by atoms with Crippen LogP contribution in [-0.2, 0) is 0 Å². The van der Waals surface area contributed by atoms with Crippen LogP contribution in [0.5, 0.6) is 23.3 Å². The Labute approximate surface area is 314 Å². The minimum atomic E-state index is 0.406. The molecule has 0 saturated heterocycles. The smallest absolute Gasteiger partial charge is 0.236 e. The third-order valence-electron chi connectivity index (χ3n) is 9.41. The molecule has 4 heterocycles. The number of nitrogens with zero attached hydrogens (tertiary/aromatic N) is 4. The van der Waals surface area contributed by atoms with Crippen LogP contribution in [0, 0.1) is 0 Å². The van der Waals surface area contributed by atoms with Crippen LogP contribution in [0.1, 0.15) is 0 Å². The number of rotatable bonds is 6. The summed E-state index contributed by atoms with van der Waals surface area (Å²) in [6, 6.07) is 53.2. The summed E-state index contributed by atoms with van der Waals surface area (Å²) in [5, 5.41) is 4.50. The fourth-order valence-electron chi connectivity index (χ4n) is 7.22. The van der Waals surface area contributed by atoms with Crippen LogP contribution in [-0.4, -0.2) is 19.1 Å². The van der Waals surface area contributed by atoms with Gasteiger partial charge in [-0.2, -0.15) is 0 Å². The van der Waals surface area contributed by atoms with Crippen molar-refractivity contribution >= 4 is 86.5 Å². The molecule has 0 saturated carbocycles. The van der Waals surface area contributed by atoms with E-state index in [-0.39, 0.29) is 0 Å². The van der Waals surface area contributed by atoms with Gasteiger partial charge in [0.1, 0.15) is 31.5 Å². The van der Waals surface area contributed by atoms with Crippen LogP contribution in [0.4, 0.5) is 0 Å². The van der Waals surface area contributed by atoms with E-state index in [9.17, 15) is 0 Å². The summed E-state index contributed by atoms with van der Waals surface area (Å²) in [6.45, 7) is 0. The van der Waals surface area contributed by atoms with Crippen molar-refractivity contribution in [3.63, 3.8) is 0 Å². The van der Waals surface area contributed by atoms with Crippen LogP contribution in [0.2, 0.25) is 0 Å². The maximum atomic E-state index is 6.64. The highest BCUT2D eigenvalue weighted by Crippen LogP contribution is 2.47. The average Bonchev–Trinajstić information content (AvgIpc) is 3.70. The molecule has 0 amide bonds. The second kappa shape index (κ2) is 12.4. The van der Waals surface area contributed by atoms with Gasteiger partial charge < -0.3 is 18.6 Å². The normalized spacial score (nSPS) is 11.7. The SMILES string of the molecule is Brc1c(Oc2ccccc2)nc2c(-n3c4ccccc4c4ccccc43)c(Br)c(Oc3ccccc3)nc2c1-n1c2ccccc2c2ccccc21. The maximum Gasteiger partial charge on any atom is 0.236 e. The van der Waals surface area contributed by atoms with Gasteiger partial charge in [0.15, 0.2) is 0 Å². The zero-order valence-electron chi connectivity index (χ0n) is 27.4. The predicted octanol–water partition coefficient (Wildman–Crippen LogP) is 12.9. The van der Waals surface area contributed by atoms with Gasteiger partial charge in [-0.15, -0.1) is 0 Å². The Balaban J connectivity index is 1.41. The van der Waals surface area contributed by atoms with E-state index >= 15 is 0 Å². The van der Waals surface area contributed by atoms with E-state index in [0.717, 1.165) is 55.0 Å². The first-order valence-corrected chi connectivity index (χ1v) is 18.4. The number of aromatic nitrogens is 4. The Morgan fingerprint density at radius 1 is 0.365 bits per heavy atom. The second-order valence-electron chi connectivity index (χ2n) is 12.4. The zero-order valence-corrected chi connectivity index (χ0v) is 30.5. The molecule has 0 radical (unpaired) electrons. The van der Waals surface area contributed by atoms with Crippen LogP contribution >= 0.6 is 31.9 Å². The summed E-state index contributed by atoms with van der Waals surface area (Å²) in [5.74, 6) is 2.14. The monoisotopic (exact) mass is 800 g/mol. The zero-order chi connectivity index (χ0) is 34.8. The first-order chi connectivity index (χ1) is 25.7. The van der Waals surface area contributed by atoms with Gasteiger partial charge in [-0.25, -0.2) is 9.97 Å². The van der Waals surface area contributed by atoms with Crippen molar-refractivity contribution in [1.82, 2.24) is 19.1 Å². The van der Waals surface area contributed by atoms with Crippen molar-refractivity contribution in [2.75, 3.05) is 0 Å². The van der Waals surface area contributed by atoms with Gasteiger partial charge in [-0.3, -0.25) is 0 Å². The Kier molecular flexibility index (Phi) is 7.33. The second-order valence-corrected chi connectivity index (χ2v) is 14.0. The lowest BCUT2D eigenvalue weighted by atomic mass is 10.2. The van der Waals surface area contributed by atoms with Crippen molar-refractivity contribution in [1.29, 1.82) is 0 Å². The molecule has 10 aromatic rings. The molecule has 0 fully saturated rings. The van der Waals surface area contributed by atoms with E-state index in [4.69, 9.17) is 19.4 Å². The Morgan fingerprint density at radius 3 is 0.981 bits per heavy atom. The highest BCUT2D eigenvalue weighted by molar-refractivity contribution is 9.11. The summed E-state index contributed by atoms with van der Waals surface area (Å²) in [4.78, 5) is 10.7. The van der Waals surface area contributed by atoms with E-state index in [2.05, 4.69) is 138 Å². The fraction of sp³-hybridized carbons (Fsp3) is 0. The molecule has 10 rings (SSSR count). The molecule has 8 heteroatoms. The Hall–Kier alpha value is -5.96. The molecule has 0 aliphatic carbocycles. The van der Waals surface area contributed by atoms with E-state index in [1.54, 1.807) is 0 Å². The van der Waals surface area contributed by atoms with Gasteiger partial charge in [-0.05, 0) is 80.4 Å². The summed E-state index contributed by atoms with van der Waals surface area (Å²) in [7, 11) is 0. The first-order valence-electron chi connectivity index (χ1n) is 16.8. The van der Waals surface area contributed by atoms with Crippen molar-refractivity contribution < 1.29 is 9.47 Å². The number of fused-ring (bicyclic) bond motifs is 7. The van der Waals surface area contributed by atoms with Crippen LogP contribution < -0.4 is 9.47 Å². The van der Waals surface area contributed by atoms with E-state index < -0.39 is 0 Å². The topological polar surface area (TPSA) is 54.1 Å². The molecule has 4 aromatic heterocycles. The predicted molar refractivity (Wildman–Crippen MR) is 217 cm³/mol. The molecule has 0 aliphatic rings. The van der Waals surface area contributed by atoms with Gasteiger partial charge in [0.25, 0.3) is 0 Å². The lowest BCUT2D eigenvalue weighted by molar-refractivity contribution is 0.457. The van der Waals surface area contributed by atoms with Crippen molar-refractivity contribution in [3.8, 4) is 34.6 Å². The number of pyridine rings is 2. The van der Waals surface area contributed by atoms with Crippen LogP contribution in [0.15, 0.2) is 167 Å². The molecule has 52 heavy (non-hydrogen) atoms. The van der Waals surface area contributed by atoms with E-state index in [1.807, 2.05) is 60.7 Å². The average molecular weight is 803 g/mol. The molecule has 0 spiro atoms. The number of hydrogen-bond donors (Lipinski definition) is 0. The lowest BCUT2D eigenvalue weighted by Crippen LogP contribution is -2.07. The highest BCUT2D eigenvalue weighted by atomic mass is 79.9. The quantitative estimate of drug-likeness (QED) is 0.168. The summed E-state index contributed by atoms with van der Waals surface area (Å²) >= 11 is 8.02. The molecule has 6 aromatic carbocycles. The minimum absolute atomic E-state index is 0.406. The maximum absolute atomic E-state index is 6.64. The van der Waals surface area contributed by atoms with E-state index in [0.29, 0.717) is 43.2 Å². The number of para-hydroxylation sites is 6. The summed E-state index contributed by atoms with van der Waals surface area (Å²) in [5.41, 5.74) is 6.91. The van der Waals surface area contributed by atoms with Gasteiger partial charge >= 0.3 is 0 Å². The number of halogens is 2. The Morgan fingerprint density at radius 2 is 0.654 bits per heavy atom. The molecule has 248 valence electrons. The number of benzene rings is 6. The van der Waals surface area contributed by atoms with Crippen LogP contribution in [0.3, 0.4) is 0 Å². The molecule has 0 bridgehead atoms. The summed E-state index contributed by atoms with van der Waals surface area (Å²) in [6.07, 6.45) is 0. The lowest BCUT2D eigenvalue weighted by Gasteiger charge is -2.21. The van der Waals surface area contributed by atoms with Crippen LogP contribution in [0.25, 0.3) is 66.0 Å². The number of ether oxygens (including phenoxy) is 2.